The summed E-state index contributed by atoms with van der Waals surface area (Å²) >= 11 is 0. The van der Waals surface area contributed by atoms with Crippen LogP contribution in [0.1, 0.15) is 11.1 Å². The maximum Gasteiger partial charge on any atom is 0.416 e. The summed E-state index contributed by atoms with van der Waals surface area (Å²) in [5.74, 6) is 0.189. The predicted octanol–water partition coefficient (Wildman–Crippen LogP) is 5.43. The molecule has 0 atom stereocenters. The van der Waals surface area contributed by atoms with Gasteiger partial charge in [-0.1, -0.05) is 42.5 Å². The summed E-state index contributed by atoms with van der Waals surface area (Å²) in [6.45, 7) is 0. The largest absolute Gasteiger partial charge is 0.416 e. The topological polar surface area (TPSA) is 57.8 Å². The fraction of sp³-hybridized carbons (Fsp3) is 0.0909. The Morgan fingerprint density at radius 2 is 1.72 bits per heavy atom. The smallest absolute Gasteiger partial charge is 0.338 e. The Balaban J connectivity index is 1.57. The Hall–Kier alpha value is -3.61. The molecule has 0 aliphatic heterocycles. The van der Waals surface area contributed by atoms with Crippen molar-refractivity contribution < 1.29 is 18.0 Å². The SMILES string of the molecule is O=C(Cc1cccc(C(F)(F)F)c1)Nc1ccccc1-c1nc2ccccc2[nH]1. The van der Waals surface area contributed by atoms with Crippen LogP contribution in [0, 0.1) is 0 Å². The summed E-state index contributed by atoms with van der Waals surface area (Å²) in [5.41, 5.74) is 2.41. The number of fused-ring (bicyclic) bond motifs is 1. The van der Waals surface area contributed by atoms with Crippen molar-refractivity contribution in [1.82, 2.24) is 9.97 Å². The summed E-state index contributed by atoms with van der Waals surface area (Å²) in [6.07, 6.45) is -4.61. The Kier molecular flexibility index (Phi) is 4.80. The van der Waals surface area contributed by atoms with Gasteiger partial charge in [0.1, 0.15) is 5.82 Å². The Morgan fingerprint density at radius 1 is 0.966 bits per heavy atom. The van der Waals surface area contributed by atoms with Gasteiger partial charge in [-0.2, -0.15) is 13.2 Å². The molecule has 0 radical (unpaired) electrons. The molecule has 0 aliphatic carbocycles. The number of nitrogens with one attached hydrogen (secondary N) is 2. The normalized spacial score (nSPS) is 11.6. The second-order valence-corrected chi connectivity index (χ2v) is 6.57. The highest BCUT2D eigenvalue weighted by molar-refractivity contribution is 5.96. The number of alkyl halides is 3. The third-order valence-electron chi connectivity index (χ3n) is 4.46. The molecule has 0 aliphatic rings. The number of halogens is 3. The maximum absolute atomic E-state index is 12.9. The molecule has 1 amide bonds. The first-order valence-electron chi connectivity index (χ1n) is 8.90. The maximum atomic E-state index is 12.9. The fourth-order valence-corrected chi connectivity index (χ4v) is 3.12. The molecule has 0 fully saturated rings. The van der Waals surface area contributed by atoms with Crippen molar-refractivity contribution in [2.75, 3.05) is 5.32 Å². The van der Waals surface area contributed by atoms with Crippen LogP contribution >= 0.6 is 0 Å². The van der Waals surface area contributed by atoms with Gasteiger partial charge in [0.15, 0.2) is 0 Å². The predicted molar refractivity (Wildman–Crippen MR) is 105 cm³/mol. The molecule has 0 saturated heterocycles. The van der Waals surface area contributed by atoms with E-state index in [0.717, 1.165) is 23.2 Å². The summed E-state index contributed by atoms with van der Waals surface area (Å²) < 4.78 is 38.6. The van der Waals surface area contributed by atoms with Crippen molar-refractivity contribution in [3.8, 4) is 11.4 Å². The number of aromatic amines is 1. The highest BCUT2D eigenvalue weighted by atomic mass is 19.4. The van der Waals surface area contributed by atoms with Crippen LogP contribution in [0.3, 0.4) is 0 Å². The van der Waals surface area contributed by atoms with Gasteiger partial charge in [-0.05, 0) is 35.9 Å². The highest BCUT2D eigenvalue weighted by Gasteiger charge is 2.30. The van der Waals surface area contributed by atoms with Crippen molar-refractivity contribution in [2.45, 2.75) is 12.6 Å². The first kappa shape index (κ1) is 18.7. The molecule has 4 nitrogen and oxygen atoms in total. The van der Waals surface area contributed by atoms with Gasteiger partial charge < -0.3 is 10.3 Å². The van der Waals surface area contributed by atoms with Gasteiger partial charge in [0.05, 0.1) is 28.7 Å². The number of carbonyl (C=O) groups excluding carboxylic acids is 1. The zero-order valence-electron chi connectivity index (χ0n) is 15.1. The van der Waals surface area contributed by atoms with Crippen LogP contribution in [0.15, 0.2) is 72.8 Å². The van der Waals surface area contributed by atoms with Crippen LogP contribution in [0.2, 0.25) is 0 Å². The molecule has 7 heteroatoms. The molecule has 1 heterocycles. The first-order chi connectivity index (χ1) is 13.9. The van der Waals surface area contributed by atoms with E-state index in [2.05, 4.69) is 15.3 Å². The van der Waals surface area contributed by atoms with Gasteiger partial charge in [-0.15, -0.1) is 0 Å². The number of nitrogens with zero attached hydrogens (tertiary/aromatic N) is 1. The molecule has 1 aromatic heterocycles. The molecule has 4 rings (SSSR count). The van der Waals surface area contributed by atoms with Crippen LogP contribution in [0.5, 0.6) is 0 Å². The van der Waals surface area contributed by atoms with Crippen molar-refractivity contribution in [3.63, 3.8) is 0 Å². The summed E-state index contributed by atoms with van der Waals surface area (Å²) in [4.78, 5) is 20.2. The molecular formula is C22H16F3N3O. The molecular weight excluding hydrogens is 379 g/mol. The van der Waals surface area contributed by atoms with Crippen LogP contribution in [-0.4, -0.2) is 15.9 Å². The van der Waals surface area contributed by atoms with E-state index < -0.39 is 17.6 Å². The first-order valence-corrected chi connectivity index (χ1v) is 8.90. The van der Waals surface area contributed by atoms with Crippen LogP contribution in [-0.2, 0) is 17.4 Å². The highest BCUT2D eigenvalue weighted by Crippen LogP contribution is 2.30. The minimum Gasteiger partial charge on any atom is -0.338 e. The van der Waals surface area contributed by atoms with E-state index in [9.17, 15) is 18.0 Å². The lowest BCUT2D eigenvalue weighted by Gasteiger charge is -2.11. The van der Waals surface area contributed by atoms with Gasteiger partial charge in [-0.25, -0.2) is 4.98 Å². The quantitative estimate of drug-likeness (QED) is 0.484. The molecule has 29 heavy (non-hydrogen) atoms. The number of amides is 1. The number of carbonyl (C=O) groups is 1. The number of hydrogen-bond donors (Lipinski definition) is 2. The molecule has 146 valence electrons. The van der Waals surface area contributed by atoms with Gasteiger partial charge in [0, 0.05) is 5.56 Å². The molecule has 0 unspecified atom stereocenters. The minimum atomic E-state index is -4.44. The van der Waals surface area contributed by atoms with E-state index >= 15 is 0 Å². The summed E-state index contributed by atoms with van der Waals surface area (Å²) in [5, 5.41) is 2.78. The average Bonchev–Trinajstić information content (AvgIpc) is 3.12. The Bertz CT molecular complexity index is 1150. The van der Waals surface area contributed by atoms with Gasteiger partial charge in [-0.3, -0.25) is 4.79 Å². The monoisotopic (exact) mass is 395 g/mol. The number of para-hydroxylation sites is 3. The molecule has 4 aromatic rings. The zero-order chi connectivity index (χ0) is 20.4. The van der Waals surface area contributed by atoms with Gasteiger partial charge >= 0.3 is 6.18 Å². The zero-order valence-corrected chi connectivity index (χ0v) is 15.1. The third-order valence-corrected chi connectivity index (χ3v) is 4.46. The van der Waals surface area contributed by atoms with E-state index in [4.69, 9.17) is 0 Å². The third kappa shape index (κ3) is 4.13. The number of H-pyrrole nitrogens is 1. The number of hydrogen-bond acceptors (Lipinski definition) is 2. The van der Waals surface area contributed by atoms with Gasteiger partial charge in [0.25, 0.3) is 0 Å². The minimum absolute atomic E-state index is 0.168. The average molecular weight is 395 g/mol. The molecule has 0 saturated carbocycles. The van der Waals surface area contributed by atoms with E-state index in [1.807, 2.05) is 36.4 Å². The summed E-state index contributed by atoms with van der Waals surface area (Å²) in [6, 6.07) is 19.5. The Labute approximate surface area is 164 Å². The van der Waals surface area contributed by atoms with E-state index in [1.165, 1.54) is 12.1 Å². The van der Waals surface area contributed by atoms with Crippen molar-refractivity contribution in [1.29, 1.82) is 0 Å². The van der Waals surface area contributed by atoms with E-state index in [0.29, 0.717) is 22.6 Å². The van der Waals surface area contributed by atoms with Crippen LogP contribution in [0.25, 0.3) is 22.4 Å². The number of aromatic nitrogens is 2. The lowest BCUT2D eigenvalue weighted by atomic mass is 10.1. The lowest BCUT2D eigenvalue weighted by Crippen LogP contribution is -2.15. The number of benzene rings is 3. The molecule has 3 aromatic carbocycles. The van der Waals surface area contributed by atoms with Crippen molar-refractivity contribution >= 4 is 22.6 Å². The number of anilines is 1. The van der Waals surface area contributed by atoms with Crippen molar-refractivity contribution in [2.24, 2.45) is 0 Å². The Morgan fingerprint density at radius 3 is 2.52 bits per heavy atom. The van der Waals surface area contributed by atoms with E-state index in [1.54, 1.807) is 12.1 Å². The molecule has 2 N–H and O–H groups in total. The second-order valence-electron chi connectivity index (χ2n) is 6.57. The van der Waals surface area contributed by atoms with E-state index in [-0.39, 0.29) is 6.42 Å². The standard InChI is InChI=1S/C22H16F3N3O/c23-22(24,25)15-7-5-6-14(12-15)13-20(29)26-17-9-2-1-8-16(17)21-27-18-10-3-4-11-19(18)28-21/h1-12H,13H2,(H,26,29)(H,27,28). The lowest BCUT2D eigenvalue weighted by molar-refractivity contribution is -0.137. The second kappa shape index (κ2) is 7.43. The number of rotatable bonds is 4. The number of imidazole rings is 1. The molecule has 0 spiro atoms. The molecule has 0 bridgehead atoms. The summed E-state index contributed by atoms with van der Waals surface area (Å²) in [7, 11) is 0. The van der Waals surface area contributed by atoms with Gasteiger partial charge in [0.2, 0.25) is 5.91 Å². The van der Waals surface area contributed by atoms with Crippen LogP contribution in [0.4, 0.5) is 18.9 Å². The van der Waals surface area contributed by atoms with Crippen molar-refractivity contribution in [3.05, 3.63) is 83.9 Å². The van der Waals surface area contributed by atoms with Crippen LogP contribution < -0.4 is 5.32 Å². The fourth-order valence-electron chi connectivity index (χ4n) is 3.12.